The predicted octanol–water partition coefficient (Wildman–Crippen LogP) is 2.31. The molecule has 0 spiro atoms. The summed E-state index contributed by atoms with van der Waals surface area (Å²) in [5, 5.41) is 11.6. The largest absolute Gasteiger partial charge is 0.507 e. The van der Waals surface area contributed by atoms with Crippen molar-refractivity contribution in [3.8, 4) is 5.75 Å². The highest BCUT2D eigenvalue weighted by atomic mass is 16.3. The first-order chi connectivity index (χ1) is 6.70. The lowest BCUT2D eigenvalue weighted by atomic mass is 10.0. The Bertz CT molecular complexity index is 477. The van der Waals surface area contributed by atoms with Gasteiger partial charge >= 0.3 is 0 Å². The second kappa shape index (κ2) is 3.31. The predicted molar refractivity (Wildman–Crippen MR) is 58.2 cm³/mol. The zero-order valence-electron chi connectivity index (χ0n) is 8.12. The minimum Gasteiger partial charge on any atom is -0.507 e. The van der Waals surface area contributed by atoms with Crippen LogP contribution in [0.25, 0.3) is 10.8 Å². The Morgan fingerprint density at radius 3 is 2.71 bits per heavy atom. The van der Waals surface area contributed by atoms with Gasteiger partial charge in [-0.25, -0.2) is 0 Å². The summed E-state index contributed by atoms with van der Waals surface area (Å²) in [6.45, 7) is 2.49. The van der Waals surface area contributed by atoms with Crippen molar-refractivity contribution in [1.29, 1.82) is 0 Å². The first kappa shape index (κ1) is 9.03. The van der Waals surface area contributed by atoms with E-state index in [4.69, 9.17) is 5.73 Å². The third kappa shape index (κ3) is 1.44. The van der Waals surface area contributed by atoms with Crippen LogP contribution in [0.4, 0.5) is 0 Å². The van der Waals surface area contributed by atoms with Crippen LogP contribution in [0.1, 0.15) is 11.1 Å². The molecule has 0 radical (unpaired) electrons. The van der Waals surface area contributed by atoms with Gasteiger partial charge in [-0.2, -0.15) is 0 Å². The van der Waals surface area contributed by atoms with Crippen LogP contribution in [0, 0.1) is 6.92 Å². The number of phenolic OH excluding ortho intramolecular Hbond substituents is 1. The van der Waals surface area contributed by atoms with Gasteiger partial charge in [-0.1, -0.05) is 23.8 Å². The molecule has 2 aromatic rings. The van der Waals surface area contributed by atoms with E-state index in [0.29, 0.717) is 12.3 Å². The number of aromatic hydroxyl groups is 1. The Labute approximate surface area is 83.0 Å². The molecule has 14 heavy (non-hydrogen) atoms. The van der Waals surface area contributed by atoms with Crippen LogP contribution in [0.2, 0.25) is 0 Å². The van der Waals surface area contributed by atoms with Crippen LogP contribution < -0.4 is 5.73 Å². The fraction of sp³-hybridized carbons (Fsp3) is 0.167. The van der Waals surface area contributed by atoms with Crippen molar-refractivity contribution < 1.29 is 5.11 Å². The normalized spacial score (nSPS) is 10.7. The first-order valence-corrected chi connectivity index (χ1v) is 4.63. The molecule has 72 valence electrons. The smallest absolute Gasteiger partial charge is 0.123 e. The van der Waals surface area contributed by atoms with Crippen LogP contribution in [0.5, 0.6) is 5.75 Å². The molecule has 0 aliphatic rings. The number of aryl methyl sites for hydroxylation is 1. The highest BCUT2D eigenvalue weighted by Crippen LogP contribution is 2.27. The minimum absolute atomic E-state index is 0.308. The number of benzene rings is 2. The quantitative estimate of drug-likeness (QED) is 0.719. The molecule has 0 bridgehead atoms. The average Bonchev–Trinajstić information content (AvgIpc) is 2.16. The van der Waals surface area contributed by atoms with Gasteiger partial charge in [0.2, 0.25) is 0 Å². The summed E-state index contributed by atoms with van der Waals surface area (Å²) in [6, 6.07) is 9.71. The Kier molecular flexibility index (Phi) is 2.14. The zero-order chi connectivity index (χ0) is 10.1. The molecule has 2 rings (SSSR count). The summed E-state index contributed by atoms with van der Waals surface area (Å²) in [4.78, 5) is 0. The lowest BCUT2D eigenvalue weighted by Crippen LogP contribution is -1.95. The van der Waals surface area contributed by atoms with E-state index in [0.717, 1.165) is 16.3 Å². The fourth-order valence-electron chi connectivity index (χ4n) is 1.65. The van der Waals surface area contributed by atoms with Crippen molar-refractivity contribution in [3.05, 3.63) is 41.5 Å². The second-order valence-electron chi connectivity index (χ2n) is 3.54. The molecule has 0 atom stereocenters. The van der Waals surface area contributed by atoms with Gasteiger partial charge < -0.3 is 10.8 Å². The number of fused-ring (bicyclic) bond motifs is 1. The summed E-state index contributed by atoms with van der Waals surface area (Å²) < 4.78 is 0. The molecule has 0 unspecified atom stereocenters. The van der Waals surface area contributed by atoms with Gasteiger partial charge in [0.15, 0.2) is 0 Å². The van der Waals surface area contributed by atoms with Gasteiger partial charge in [0, 0.05) is 11.9 Å². The third-order valence-corrected chi connectivity index (χ3v) is 2.38. The molecular formula is C12H13NO. The van der Waals surface area contributed by atoms with E-state index in [1.54, 1.807) is 6.07 Å². The topological polar surface area (TPSA) is 46.2 Å². The monoisotopic (exact) mass is 187 g/mol. The van der Waals surface area contributed by atoms with Gasteiger partial charge in [-0.05, 0) is 30.0 Å². The van der Waals surface area contributed by atoms with E-state index in [1.165, 1.54) is 5.56 Å². The van der Waals surface area contributed by atoms with Gasteiger partial charge in [-0.3, -0.25) is 0 Å². The fourth-order valence-corrected chi connectivity index (χ4v) is 1.65. The van der Waals surface area contributed by atoms with Gasteiger partial charge in [-0.15, -0.1) is 0 Å². The molecule has 2 nitrogen and oxygen atoms in total. The average molecular weight is 187 g/mol. The number of nitrogens with two attached hydrogens (primary N) is 1. The Balaban J connectivity index is 2.77. The Hall–Kier alpha value is -1.54. The van der Waals surface area contributed by atoms with Crippen LogP contribution in [-0.4, -0.2) is 5.11 Å². The lowest BCUT2D eigenvalue weighted by Gasteiger charge is -2.05. The third-order valence-electron chi connectivity index (χ3n) is 2.38. The van der Waals surface area contributed by atoms with Crippen molar-refractivity contribution >= 4 is 10.8 Å². The van der Waals surface area contributed by atoms with Crippen LogP contribution in [-0.2, 0) is 6.54 Å². The van der Waals surface area contributed by atoms with Crippen LogP contribution in [0.15, 0.2) is 30.3 Å². The molecule has 0 saturated heterocycles. The van der Waals surface area contributed by atoms with Gasteiger partial charge in [0.25, 0.3) is 0 Å². The van der Waals surface area contributed by atoms with Gasteiger partial charge in [0.1, 0.15) is 5.75 Å². The van der Waals surface area contributed by atoms with Crippen molar-refractivity contribution in [2.75, 3.05) is 0 Å². The molecule has 0 saturated carbocycles. The Morgan fingerprint density at radius 1 is 1.21 bits per heavy atom. The Morgan fingerprint density at radius 2 is 2.00 bits per heavy atom. The van der Waals surface area contributed by atoms with Crippen molar-refractivity contribution in [2.24, 2.45) is 5.73 Å². The standard InChI is InChI=1S/C12H13NO/c1-8-2-3-11-10(4-8)5-9(7-13)6-12(11)14/h2-6,14H,7,13H2,1H3. The summed E-state index contributed by atoms with van der Waals surface area (Å²) in [5.74, 6) is 0.308. The van der Waals surface area contributed by atoms with Crippen LogP contribution >= 0.6 is 0 Å². The highest BCUT2D eigenvalue weighted by molar-refractivity contribution is 5.89. The molecule has 0 heterocycles. The molecule has 0 amide bonds. The molecule has 2 aromatic carbocycles. The van der Waals surface area contributed by atoms with E-state index in [9.17, 15) is 5.11 Å². The molecule has 3 N–H and O–H groups in total. The van der Waals surface area contributed by atoms with E-state index < -0.39 is 0 Å². The van der Waals surface area contributed by atoms with E-state index in [1.807, 2.05) is 31.2 Å². The molecule has 0 aromatic heterocycles. The van der Waals surface area contributed by atoms with E-state index in [-0.39, 0.29) is 0 Å². The number of phenols is 1. The molecule has 0 fully saturated rings. The van der Waals surface area contributed by atoms with E-state index >= 15 is 0 Å². The molecule has 0 aliphatic heterocycles. The summed E-state index contributed by atoms with van der Waals surface area (Å²) in [6.07, 6.45) is 0. The summed E-state index contributed by atoms with van der Waals surface area (Å²) >= 11 is 0. The maximum Gasteiger partial charge on any atom is 0.123 e. The lowest BCUT2D eigenvalue weighted by molar-refractivity contribution is 0.481. The molecule has 2 heteroatoms. The molecular weight excluding hydrogens is 174 g/mol. The summed E-state index contributed by atoms with van der Waals surface area (Å²) in [7, 11) is 0. The number of hydrogen-bond acceptors (Lipinski definition) is 2. The highest BCUT2D eigenvalue weighted by Gasteiger charge is 2.01. The van der Waals surface area contributed by atoms with Crippen molar-refractivity contribution in [2.45, 2.75) is 13.5 Å². The first-order valence-electron chi connectivity index (χ1n) is 4.63. The van der Waals surface area contributed by atoms with Crippen LogP contribution in [0.3, 0.4) is 0 Å². The van der Waals surface area contributed by atoms with E-state index in [2.05, 4.69) is 0 Å². The minimum atomic E-state index is 0.308. The molecule has 0 aliphatic carbocycles. The number of rotatable bonds is 1. The SMILES string of the molecule is Cc1ccc2c(O)cc(CN)cc2c1. The summed E-state index contributed by atoms with van der Waals surface area (Å²) in [5.41, 5.74) is 7.68. The number of hydrogen-bond donors (Lipinski definition) is 2. The zero-order valence-corrected chi connectivity index (χ0v) is 8.12. The second-order valence-corrected chi connectivity index (χ2v) is 3.54. The van der Waals surface area contributed by atoms with Crippen molar-refractivity contribution in [1.82, 2.24) is 0 Å². The van der Waals surface area contributed by atoms with Crippen molar-refractivity contribution in [3.63, 3.8) is 0 Å². The maximum atomic E-state index is 9.72. The maximum absolute atomic E-state index is 9.72. The van der Waals surface area contributed by atoms with Gasteiger partial charge in [0.05, 0.1) is 0 Å².